The average Bonchev–Trinajstić information content (AvgIpc) is 2.14. The Morgan fingerprint density at radius 3 is 2.31 bits per heavy atom. The highest BCUT2D eigenvalue weighted by Gasteiger charge is 2.18. The molecule has 0 aliphatic rings. The van der Waals surface area contributed by atoms with E-state index in [1.807, 2.05) is 0 Å². The highest BCUT2D eigenvalue weighted by atomic mass is 32.2. The van der Waals surface area contributed by atoms with Crippen LogP contribution in [-0.2, 0) is 9.84 Å². The SMILES string of the molecule is COc1cc(C)c(S(C)(=O)=O)cc1C(=O)O. The molecular weight excluding hydrogens is 232 g/mol. The van der Waals surface area contributed by atoms with Crippen LogP contribution in [0.15, 0.2) is 17.0 Å². The normalized spacial score (nSPS) is 11.2. The molecule has 0 aliphatic carbocycles. The molecule has 1 aromatic rings. The number of hydrogen-bond acceptors (Lipinski definition) is 4. The molecule has 1 N–H and O–H groups in total. The van der Waals surface area contributed by atoms with Crippen molar-refractivity contribution in [2.24, 2.45) is 0 Å². The molecule has 0 aliphatic heterocycles. The number of aryl methyl sites for hydroxylation is 1. The summed E-state index contributed by atoms with van der Waals surface area (Å²) in [7, 11) is -2.10. The van der Waals surface area contributed by atoms with Crippen molar-refractivity contribution in [1.82, 2.24) is 0 Å². The first-order valence-corrected chi connectivity index (χ1v) is 6.28. The number of carboxylic acids is 1. The summed E-state index contributed by atoms with van der Waals surface area (Å²) in [6.45, 7) is 1.59. The molecule has 0 radical (unpaired) electrons. The summed E-state index contributed by atoms with van der Waals surface area (Å²) < 4.78 is 27.7. The van der Waals surface area contributed by atoms with Crippen LogP contribution in [0.3, 0.4) is 0 Å². The first-order chi connectivity index (χ1) is 7.27. The molecule has 0 spiro atoms. The molecule has 0 heterocycles. The lowest BCUT2D eigenvalue weighted by molar-refractivity contribution is 0.0693. The van der Waals surface area contributed by atoms with Crippen LogP contribution < -0.4 is 4.74 Å². The molecule has 0 unspecified atom stereocenters. The molecular formula is C10H12O5S. The van der Waals surface area contributed by atoms with Gasteiger partial charge in [-0.05, 0) is 24.6 Å². The fourth-order valence-electron chi connectivity index (χ4n) is 1.40. The van der Waals surface area contributed by atoms with Crippen molar-refractivity contribution in [3.05, 3.63) is 23.3 Å². The van der Waals surface area contributed by atoms with Gasteiger partial charge in [-0.3, -0.25) is 0 Å². The quantitative estimate of drug-likeness (QED) is 0.861. The second kappa shape index (κ2) is 4.13. The van der Waals surface area contributed by atoms with E-state index in [4.69, 9.17) is 9.84 Å². The van der Waals surface area contributed by atoms with Crippen LogP contribution in [0.25, 0.3) is 0 Å². The van der Waals surface area contributed by atoms with Gasteiger partial charge in [-0.15, -0.1) is 0 Å². The Labute approximate surface area is 93.6 Å². The zero-order valence-electron chi connectivity index (χ0n) is 9.14. The molecule has 1 aromatic carbocycles. The van der Waals surface area contributed by atoms with Crippen LogP contribution in [0.5, 0.6) is 5.75 Å². The molecule has 0 atom stereocenters. The highest BCUT2D eigenvalue weighted by molar-refractivity contribution is 7.90. The molecule has 0 amide bonds. The Balaban J connectivity index is 3.58. The maximum Gasteiger partial charge on any atom is 0.339 e. The van der Waals surface area contributed by atoms with E-state index in [0.29, 0.717) is 5.56 Å². The lowest BCUT2D eigenvalue weighted by Gasteiger charge is -2.09. The minimum absolute atomic E-state index is 0.00528. The minimum atomic E-state index is -3.43. The maximum atomic E-state index is 11.4. The standard InChI is InChI=1S/C10H12O5S/c1-6-4-8(15-2)7(10(11)12)5-9(6)16(3,13)14/h4-5H,1-3H3,(H,11,12). The molecule has 6 heteroatoms. The molecule has 0 fully saturated rings. The predicted octanol–water partition coefficient (Wildman–Crippen LogP) is 1.11. The van der Waals surface area contributed by atoms with Gasteiger partial charge in [0.1, 0.15) is 11.3 Å². The first kappa shape index (κ1) is 12.5. The third-order valence-corrected chi connectivity index (χ3v) is 3.37. The molecule has 1 rings (SSSR count). The molecule has 0 aromatic heterocycles. The summed E-state index contributed by atoms with van der Waals surface area (Å²) in [5, 5.41) is 8.90. The largest absolute Gasteiger partial charge is 0.496 e. The maximum absolute atomic E-state index is 11.4. The predicted molar refractivity (Wildman–Crippen MR) is 57.8 cm³/mol. The van der Waals surface area contributed by atoms with Crippen molar-refractivity contribution in [3.8, 4) is 5.75 Å². The Morgan fingerprint density at radius 2 is 1.94 bits per heavy atom. The molecule has 5 nitrogen and oxygen atoms in total. The smallest absolute Gasteiger partial charge is 0.339 e. The highest BCUT2D eigenvalue weighted by Crippen LogP contribution is 2.26. The van der Waals surface area contributed by atoms with Gasteiger partial charge in [-0.25, -0.2) is 13.2 Å². The number of carbonyl (C=O) groups is 1. The zero-order chi connectivity index (χ0) is 12.5. The monoisotopic (exact) mass is 244 g/mol. The van der Waals surface area contributed by atoms with E-state index in [-0.39, 0.29) is 16.2 Å². The van der Waals surface area contributed by atoms with E-state index in [1.54, 1.807) is 6.92 Å². The summed E-state index contributed by atoms with van der Waals surface area (Å²) >= 11 is 0. The summed E-state index contributed by atoms with van der Waals surface area (Å²) in [4.78, 5) is 10.9. The summed E-state index contributed by atoms with van der Waals surface area (Å²) in [5.41, 5.74) is 0.304. The Bertz CT molecular complexity index is 530. The van der Waals surface area contributed by atoms with Crippen LogP contribution >= 0.6 is 0 Å². The van der Waals surface area contributed by atoms with Crippen LogP contribution in [0.1, 0.15) is 15.9 Å². The van der Waals surface area contributed by atoms with Crippen molar-refractivity contribution in [2.75, 3.05) is 13.4 Å². The van der Waals surface area contributed by atoms with Crippen molar-refractivity contribution in [2.45, 2.75) is 11.8 Å². The summed E-state index contributed by atoms with van der Waals surface area (Å²) in [6, 6.07) is 2.52. The van der Waals surface area contributed by atoms with Crippen LogP contribution in [0, 0.1) is 6.92 Å². The van der Waals surface area contributed by atoms with Gasteiger partial charge < -0.3 is 9.84 Å². The second-order valence-electron chi connectivity index (χ2n) is 3.40. The van der Waals surface area contributed by atoms with Crippen molar-refractivity contribution < 1.29 is 23.1 Å². The number of carboxylic acid groups (broad SMARTS) is 1. The van der Waals surface area contributed by atoms with E-state index < -0.39 is 15.8 Å². The first-order valence-electron chi connectivity index (χ1n) is 4.39. The zero-order valence-corrected chi connectivity index (χ0v) is 9.96. The van der Waals surface area contributed by atoms with Gasteiger partial charge in [0.25, 0.3) is 0 Å². The lowest BCUT2D eigenvalue weighted by Crippen LogP contribution is -2.06. The number of hydrogen-bond donors (Lipinski definition) is 1. The van der Waals surface area contributed by atoms with Crippen molar-refractivity contribution in [3.63, 3.8) is 0 Å². The van der Waals surface area contributed by atoms with E-state index in [9.17, 15) is 13.2 Å². The van der Waals surface area contributed by atoms with Crippen LogP contribution in [-0.4, -0.2) is 32.9 Å². The lowest BCUT2D eigenvalue weighted by atomic mass is 10.1. The van der Waals surface area contributed by atoms with Gasteiger partial charge in [0.05, 0.1) is 12.0 Å². The molecule has 88 valence electrons. The number of benzene rings is 1. The fraction of sp³-hybridized carbons (Fsp3) is 0.300. The van der Waals surface area contributed by atoms with Gasteiger partial charge in [0.2, 0.25) is 0 Å². The van der Waals surface area contributed by atoms with Gasteiger partial charge in [-0.1, -0.05) is 0 Å². The van der Waals surface area contributed by atoms with E-state index in [0.717, 1.165) is 12.3 Å². The molecule has 0 saturated heterocycles. The second-order valence-corrected chi connectivity index (χ2v) is 5.38. The summed E-state index contributed by atoms with van der Waals surface area (Å²) in [6.07, 6.45) is 1.04. The molecule has 0 saturated carbocycles. The van der Waals surface area contributed by atoms with Crippen LogP contribution in [0.4, 0.5) is 0 Å². The summed E-state index contributed by atoms with van der Waals surface area (Å²) in [5.74, 6) is -1.07. The van der Waals surface area contributed by atoms with Crippen molar-refractivity contribution >= 4 is 15.8 Å². The Morgan fingerprint density at radius 1 is 1.38 bits per heavy atom. The van der Waals surface area contributed by atoms with E-state index >= 15 is 0 Å². The Kier molecular flexibility index (Phi) is 3.23. The Hall–Kier alpha value is -1.56. The van der Waals surface area contributed by atoms with Crippen LogP contribution in [0.2, 0.25) is 0 Å². The molecule has 16 heavy (non-hydrogen) atoms. The number of sulfone groups is 1. The number of aromatic carboxylic acids is 1. The van der Waals surface area contributed by atoms with E-state index in [2.05, 4.69) is 0 Å². The van der Waals surface area contributed by atoms with Gasteiger partial charge >= 0.3 is 5.97 Å². The van der Waals surface area contributed by atoms with Crippen molar-refractivity contribution in [1.29, 1.82) is 0 Å². The third kappa shape index (κ3) is 2.33. The number of methoxy groups -OCH3 is 1. The van der Waals surface area contributed by atoms with Gasteiger partial charge in [0, 0.05) is 6.26 Å². The fourth-order valence-corrected chi connectivity index (χ4v) is 2.37. The van der Waals surface area contributed by atoms with Gasteiger partial charge in [-0.2, -0.15) is 0 Å². The number of ether oxygens (including phenoxy) is 1. The van der Waals surface area contributed by atoms with Gasteiger partial charge in [0.15, 0.2) is 9.84 Å². The minimum Gasteiger partial charge on any atom is -0.496 e. The third-order valence-electron chi connectivity index (χ3n) is 2.13. The number of rotatable bonds is 3. The van der Waals surface area contributed by atoms with E-state index in [1.165, 1.54) is 13.2 Å². The average molecular weight is 244 g/mol. The topological polar surface area (TPSA) is 80.7 Å². The molecule has 0 bridgehead atoms.